The molecule has 0 aliphatic heterocycles. The lowest BCUT2D eigenvalue weighted by molar-refractivity contribution is -0.120. The normalized spacial score (nSPS) is 11.3. The second kappa shape index (κ2) is 10.1. The highest BCUT2D eigenvalue weighted by atomic mass is 16.2. The Morgan fingerprint density at radius 1 is 0.828 bits per heavy atom. The van der Waals surface area contributed by atoms with Crippen LogP contribution >= 0.6 is 0 Å². The molecule has 1 atom stereocenters. The van der Waals surface area contributed by atoms with Gasteiger partial charge < -0.3 is 16.0 Å². The Morgan fingerprint density at radius 2 is 1.45 bits per heavy atom. The minimum absolute atomic E-state index is 0.0545. The van der Waals surface area contributed by atoms with Crippen LogP contribution in [-0.4, -0.2) is 18.4 Å². The summed E-state index contributed by atoms with van der Waals surface area (Å²) in [6, 6.07) is 26.6. The van der Waals surface area contributed by atoms with Gasteiger partial charge in [0.05, 0.1) is 12.6 Å². The molecular formula is C24H25N3O2. The molecule has 0 aromatic heterocycles. The molecule has 0 saturated carbocycles. The average molecular weight is 387 g/mol. The summed E-state index contributed by atoms with van der Waals surface area (Å²) in [7, 11) is 0. The Balaban J connectivity index is 1.45. The fourth-order valence-electron chi connectivity index (χ4n) is 2.92. The predicted molar refractivity (Wildman–Crippen MR) is 116 cm³/mol. The number of hydrogen-bond donors (Lipinski definition) is 3. The number of rotatable bonds is 8. The molecule has 1 unspecified atom stereocenters. The molecule has 0 fully saturated rings. The number of benzene rings is 3. The van der Waals surface area contributed by atoms with Crippen molar-refractivity contribution in [3.63, 3.8) is 0 Å². The van der Waals surface area contributed by atoms with Gasteiger partial charge in [0.15, 0.2) is 0 Å². The first-order chi connectivity index (χ1) is 14.1. The average Bonchev–Trinajstić information content (AvgIpc) is 2.77. The third-order valence-corrected chi connectivity index (χ3v) is 4.57. The first kappa shape index (κ1) is 20.1. The Hall–Kier alpha value is -3.60. The smallest absolute Gasteiger partial charge is 0.251 e. The van der Waals surface area contributed by atoms with E-state index in [0.717, 1.165) is 16.8 Å². The van der Waals surface area contributed by atoms with Gasteiger partial charge in [-0.25, -0.2) is 0 Å². The van der Waals surface area contributed by atoms with Gasteiger partial charge in [-0.15, -0.1) is 0 Å². The maximum absolute atomic E-state index is 12.3. The largest absolute Gasteiger partial charge is 0.376 e. The van der Waals surface area contributed by atoms with E-state index in [1.54, 1.807) is 24.3 Å². The van der Waals surface area contributed by atoms with Crippen molar-refractivity contribution in [3.8, 4) is 0 Å². The van der Waals surface area contributed by atoms with Crippen LogP contribution in [0.4, 0.5) is 5.69 Å². The molecule has 0 radical (unpaired) electrons. The molecule has 0 saturated heterocycles. The number of hydrogen-bond acceptors (Lipinski definition) is 3. The molecule has 3 N–H and O–H groups in total. The van der Waals surface area contributed by atoms with Crippen molar-refractivity contribution in [2.75, 3.05) is 11.9 Å². The molecule has 3 rings (SSSR count). The molecular weight excluding hydrogens is 362 g/mol. The summed E-state index contributed by atoms with van der Waals surface area (Å²) in [5, 5.41) is 8.94. The number of carbonyl (C=O) groups is 2. The lowest BCUT2D eigenvalue weighted by Crippen LogP contribution is -2.32. The van der Waals surface area contributed by atoms with Gasteiger partial charge in [0, 0.05) is 17.8 Å². The Labute approximate surface area is 171 Å². The van der Waals surface area contributed by atoms with Crippen molar-refractivity contribution in [2.45, 2.75) is 19.5 Å². The Kier molecular flexibility index (Phi) is 7.00. The molecule has 5 nitrogen and oxygen atoms in total. The van der Waals surface area contributed by atoms with Gasteiger partial charge in [-0.05, 0) is 42.3 Å². The van der Waals surface area contributed by atoms with E-state index in [2.05, 4.69) is 16.0 Å². The lowest BCUT2D eigenvalue weighted by Gasteiger charge is -2.15. The van der Waals surface area contributed by atoms with Crippen molar-refractivity contribution in [2.24, 2.45) is 0 Å². The Bertz CT molecular complexity index is 925. The highest BCUT2D eigenvalue weighted by Gasteiger charge is 2.09. The number of nitrogens with one attached hydrogen (secondary N) is 3. The zero-order valence-electron chi connectivity index (χ0n) is 16.4. The van der Waals surface area contributed by atoms with Crippen LogP contribution in [0.1, 0.15) is 34.5 Å². The molecule has 148 valence electrons. The summed E-state index contributed by atoms with van der Waals surface area (Å²) in [4.78, 5) is 24.4. The summed E-state index contributed by atoms with van der Waals surface area (Å²) >= 11 is 0. The second-order valence-corrected chi connectivity index (χ2v) is 6.80. The summed E-state index contributed by atoms with van der Waals surface area (Å²) in [5.41, 5.74) is 3.47. The maximum Gasteiger partial charge on any atom is 0.251 e. The van der Waals surface area contributed by atoms with E-state index in [-0.39, 0.29) is 24.4 Å². The van der Waals surface area contributed by atoms with Crippen molar-refractivity contribution in [1.82, 2.24) is 10.6 Å². The number of carbonyl (C=O) groups excluding carboxylic acids is 2. The van der Waals surface area contributed by atoms with Gasteiger partial charge in [0.1, 0.15) is 0 Å². The number of anilines is 1. The van der Waals surface area contributed by atoms with E-state index < -0.39 is 0 Å². The quantitative estimate of drug-likeness (QED) is 0.549. The van der Waals surface area contributed by atoms with Gasteiger partial charge in [-0.3, -0.25) is 9.59 Å². The molecule has 0 aliphatic carbocycles. The first-order valence-electron chi connectivity index (χ1n) is 9.62. The maximum atomic E-state index is 12.3. The highest BCUT2D eigenvalue weighted by Crippen LogP contribution is 2.12. The van der Waals surface area contributed by atoms with Gasteiger partial charge in [0.2, 0.25) is 5.91 Å². The molecule has 0 spiro atoms. The second-order valence-electron chi connectivity index (χ2n) is 6.80. The van der Waals surface area contributed by atoms with E-state index in [4.69, 9.17) is 0 Å². The molecule has 3 aromatic carbocycles. The highest BCUT2D eigenvalue weighted by molar-refractivity contribution is 5.94. The van der Waals surface area contributed by atoms with Crippen LogP contribution in [-0.2, 0) is 11.3 Å². The van der Waals surface area contributed by atoms with Gasteiger partial charge in [-0.2, -0.15) is 0 Å². The Morgan fingerprint density at radius 3 is 2.10 bits per heavy atom. The van der Waals surface area contributed by atoms with Crippen LogP contribution in [0.3, 0.4) is 0 Å². The fourth-order valence-corrected chi connectivity index (χ4v) is 2.92. The zero-order valence-corrected chi connectivity index (χ0v) is 16.4. The molecule has 0 aliphatic rings. The zero-order chi connectivity index (χ0) is 20.5. The molecule has 29 heavy (non-hydrogen) atoms. The van der Waals surface area contributed by atoms with E-state index in [1.165, 1.54) is 0 Å². The summed E-state index contributed by atoms with van der Waals surface area (Å²) in [6.07, 6.45) is 0. The molecule has 2 amide bonds. The standard InChI is InChI=1S/C24H25N3O2/c1-18(20-10-6-3-7-11-20)27-23(28)17-25-22-14-12-21(13-15-22)24(29)26-16-19-8-4-2-5-9-19/h2-15,18,25H,16-17H2,1H3,(H,26,29)(H,27,28). The van der Waals surface area contributed by atoms with Crippen LogP contribution in [0.2, 0.25) is 0 Å². The van der Waals surface area contributed by atoms with Crippen LogP contribution in [0.25, 0.3) is 0 Å². The van der Waals surface area contributed by atoms with Crippen molar-refractivity contribution < 1.29 is 9.59 Å². The summed E-state index contributed by atoms with van der Waals surface area (Å²) in [5.74, 6) is -0.221. The van der Waals surface area contributed by atoms with Gasteiger partial charge >= 0.3 is 0 Å². The molecule has 5 heteroatoms. The van der Waals surface area contributed by atoms with Crippen molar-refractivity contribution in [3.05, 3.63) is 102 Å². The van der Waals surface area contributed by atoms with Crippen LogP contribution in [0, 0.1) is 0 Å². The SMILES string of the molecule is CC(NC(=O)CNc1ccc(C(=O)NCc2ccccc2)cc1)c1ccccc1. The van der Waals surface area contributed by atoms with Crippen molar-refractivity contribution in [1.29, 1.82) is 0 Å². The topological polar surface area (TPSA) is 70.2 Å². The summed E-state index contributed by atoms with van der Waals surface area (Å²) in [6.45, 7) is 2.60. The lowest BCUT2D eigenvalue weighted by atomic mass is 10.1. The molecule has 0 bridgehead atoms. The molecule has 0 heterocycles. The molecule has 3 aromatic rings. The third-order valence-electron chi connectivity index (χ3n) is 4.57. The van der Waals surface area contributed by atoms with E-state index >= 15 is 0 Å². The van der Waals surface area contributed by atoms with E-state index in [1.807, 2.05) is 67.6 Å². The van der Waals surface area contributed by atoms with Gasteiger partial charge in [0.25, 0.3) is 5.91 Å². The van der Waals surface area contributed by atoms with Crippen LogP contribution in [0.15, 0.2) is 84.9 Å². The monoisotopic (exact) mass is 387 g/mol. The minimum atomic E-state index is -0.130. The van der Waals surface area contributed by atoms with Crippen molar-refractivity contribution >= 4 is 17.5 Å². The van der Waals surface area contributed by atoms with Gasteiger partial charge in [-0.1, -0.05) is 60.7 Å². The fraction of sp³-hybridized carbons (Fsp3) is 0.167. The minimum Gasteiger partial charge on any atom is -0.376 e. The number of amides is 2. The van der Waals surface area contributed by atoms with Crippen LogP contribution in [0.5, 0.6) is 0 Å². The first-order valence-corrected chi connectivity index (χ1v) is 9.62. The third kappa shape index (κ3) is 6.21. The predicted octanol–water partition coefficient (Wildman–Crippen LogP) is 3.91. The van der Waals surface area contributed by atoms with Crippen LogP contribution < -0.4 is 16.0 Å². The van der Waals surface area contributed by atoms with E-state index in [9.17, 15) is 9.59 Å². The summed E-state index contributed by atoms with van der Waals surface area (Å²) < 4.78 is 0. The van der Waals surface area contributed by atoms with E-state index in [0.29, 0.717) is 12.1 Å².